The van der Waals surface area contributed by atoms with Crippen molar-refractivity contribution in [1.29, 1.82) is 0 Å². The first kappa shape index (κ1) is 15.2. The average molecular weight is 320 g/mol. The second kappa shape index (κ2) is 6.62. The van der Waals surface area contributed by atoms with Crippen LogP contribution in [0.3, 0.4) is 0 Å². The van der Waals surface area contributed by atoms with Crippen molar-refractivity contribution in [3.8, 4) is 16.9 Å². The molecule has 3 rings (SSSR count). The Morgan fingerprint density at radius 1 is 1.05 bits per heavy atom. The normalized spacial score (nSPS) is 28.3. The predicted molar refractivity (Wildman–Crippen MR) is 82.4 cm³/mol. The molecule has 0 bridgehead atoms. The molecule has 1 fully saturated rings. The summed E-state index contributed by atoms with van der Waals surface area (Å²) in [7, 11) is 0. The molecule has 6 nitrogen and oxygen atoms in total. The minimum absolute atomic E-state index is 0.297. The van der Waals surface area contributed by atoms with E-state index in [1.807, 2.05) is 12.1 Å². The molecule has 2 aromatic rings. The Bertz CT molecular complexity index is 628. The van der Waals surface area contributed by atoms with Crippen molar-refractivity contribution >= 4 is 11.8 Å². The van der Waals surface area contributed by atoms with Gasteiger partial charge >= 0.3 is 0 Å². The zero-order valence-corrected chi connectivity index (χ0v) is 12.4. The van der Waals surface area contributed by atoms with Gasteiger partial charge in [0, 0.05) is 35.5 Å². The highest BCUT2D eigenvalue weighted by Gasteiger charge is 2.38. The van der Waals surface area contributed by atoms with Crippen molar-refractivity contribution in [2.45, 2.75) is 23.7 Å². The molecule has 0 aromatic carbocycles. The van der Waals surface area contributed by atoms with Gasteiger partial charge in [0.1, 0.15) is 18.0 Å². The summed E-state index contributed by atoms with van der Waals surface area (Å²) in [5.41, 5.74) is 1.00. The Morgan fingerprint density at radius 2 is 1.86 bits per heavy atom. The maximum absolute atomic E-state index is 10.0. The third-order valence-corrected chi connectivity index (χ3v) is 4.69. The lowest BCUT2D eigenvalue weighted by molar-refractivity contribution is -0.0785. The number of hydrogen-bond donors (Lipinski definition) is 3. The Kier molecular flexibility index (Phi) is 4.58. The Balaban J connectivity index is 1.84. The van der Waals surface area contributed by atoms with Gasteiger partial charge in [0.15, 0.2) is 5.44 Å². The molecule has 3 N–H and O–H groups in total. The highest BCUT2D eigenvalue weighted by molar-refractivity contribution is 7.99. The lowest BCUT2D eigenvalue weighted by Gasteiger charge is -2.34. The zero-order chi connectivity index (χ0) is 15.5. The molecule has 1 aliphatic heterocycles. The summed E-state index contributed by atoms with van der Waals surface area (Å²) in [6, 6.07) is 5.53. The Morgan fingerprint density at radius 3 is 2.64 bits per heavy atom. The van der Waals surface area contributed by atoms with E-state index in [9.17, 15) is 15.3 Å². The van der Waals surface area contributed by atoms with Crippen LogP contribution in [-0.2, 0) is 0 Å². The van der Waals surface area contributed by atoms with Crippen LogP contribution in [-0.4, -0.2) is 54.8 Å². The molecule has 0 unspecified atom stereocenters. The van der Waals surface area contributed by atoms with Gasteiger partial charge in [-0.1, -0.05) is 6.07 Å². The number of aliphatic hydroxyl groups is 3. The standard InChI is InChI=1S/C15H16N2O4S/c18-11-8-22-15(14(20)13(11)19)21-12-7-17-5-3-10(12)9-2-1-4-16-6-9/h1-7,11,13-15,18-20H,8H2/t11-,13+,14-,15+/m1/s1. The maximum Gasteiger partial charge on any atom is 0.173 e. The second-order valence-electron chi connectivity index (χ2n) is 4.98. The molecule has 7 heteroatoms. The van der Waals surface area contributed by atoms with Crippen LogP contribution >= 0.6 is 11.8 Å². The number of ether oxygens (including phenoxy) is 1. The van der Waals surface area contributed by atoms with Gasteiger partial charge < -0.3 is 20.1 Å². The van der Waals surface area contributed by atoms with Crippen LogP contribution in [0.2, 0.25) is 0 Å². The van der Waals surface area contributed by atoms with Gasteiger partial charge in [-0.15, -0.1) is 11.8 Å². The largest absolute Gasteiger partial charge is 0.475 e. The maximum atomic E-state index is 10.0. The van der Waals surface area contributed by atoms with Crippen LogP contribution in [0.1, 0.15) is 0 Å². The van der Waals surface area contributed by atoms with Crippen molar-refractivity contribution in [2.75, 3.05) is 5.75 Å². The lowest BCUT2D eigenvalue weighted by atomic mass is 10.1. The van der Waals surface area contributed by atoms with Crippen molar-refractivity contribution in [2.24, 2.45) is 0 Å². The fourth-order valence-corrected chi connectivity index (χ4v) is 3.36. The van der Waals surface area contributed by atoms with Crippen LogP contribution in [0.4, 0.5) is 0 Å². The molecule has 4 atom stereocenters. The summed E-state index contributed by atoms with van der Waals surface area (Å²) < 4.78 is 5.82. The summed E-state index contributed by atoms with van der Waals surface area (Å²) in [6.45, 7) is 0. The summed E-state index contributed by atoms with van der Waals surface area (Å²) in [6.07, 6.45) is 3.27. The minimum atomic E-state index is -1.22. The Labute approximate surface area is 131 Å². The van der Waals surface area contributed by atoms with Crippen molar-refractivity contribution in [1.82, 2.24) is 9.97 Å². The third kappa shape index (κ3) is 3.07. The van der Waals surface area contributed by atoms with Crippen LogP contribution in [0.15, 0.2) is 43.0 Å². The minimum Gasteiger partial charge on any atom is -0.475 e. The highest BCUT2D eigenvalue weighted by atomic mass is 32.2. The van der Waals surface area contributed by atoms with Gasteiger partial charge in [-0.05, 0) is 12.1 Å². The Hall–Kier alpha value is -1.67. The molecule has 2 aromatic heterocycles. The molecular weight excluding hydrogens is 304 g/mol. The van der Waals surface area contributed by atoms with Gasteiger partial charge in [0.2, 0.25) is 0 Å². The van der Waals surface area contributed by atoms with Crippen LogP contribution < -0.4 is 4.74 Å². The predicted octanol–water partition coefficient (Wildman–Crippen LogP) is 0.678. The molecule has 1 aliphatic rings. The van der Waals surface area contributed by atoms with Crippen LogP contribution in [0, 0.1) is 0 Å². The average Bonchev–Trinajstić information content (AvgIpc) is 2.57. The molecule has 0 radical (unpaired) electrons. The first-order valence-electron chi connectivity index (χ1n) is 6.83. The summed E-state index contributed by atoms with van der Waals surface area (Å²) in [5.74, 6) is 0.793. The molecule has 0 amide bonds. The molecule has 3 heterocycles. The van der Waals surface area contributed by atoms with E-state index in [1.165, 1.54) is 11.8 Å². The summed E-state index contributed by atoms with van der Waals surface area (Å²) in [4.78, 5) is 8.13. The zero-order valence-electron chi connectivity index (χ0n) is 11.6. The molecule has 0 spiro atoms. The van der Waals surface area contributed by atoms with E-state index in [0.717, 1.165) is 11.1 Å². The first-order valence-corrected chi connectivity index (χ1v) is 7.88. The fraction of sp³-hybridized carbons (Fsp3) is 0.333. The third-order valence-electron chi connectivity index (χ3n) is 3.45. The molecule has 116 valence electrons. The van der Waals surface area contributed by atoms with E-state index >= 15 is 0 Å². The van der Waals surface area contributed by atoms with Crippen LogP contribution in [0.25, 0.3) is 11.1 Å². The van der Waals surface area contributed by atoms with E-state index in [2.05, 4.69) is 9.97 Å². The number of thioether (sulfide) groups is 1. The fourth-order valence-electron chi connectivity index (χ4n) is 2.24. The smallest absolute Gasteiger partial charge is 0.173 e. The van der Waals surface area contributed by atoms with Crippen molar-refractivity contribution < 1.29 is 20.1 Å². The van der Waals surface area contributed by atoms with Crippen molar-refractivity contribution in [3.05, 3.63) is 43.0 Å². The van der Waals surface area contributed by atoms with Crippen LogP contribution in [0.5, 0.6) is 5.75 Å². The SMILES string of the molecule is O[C@@H]1[C@@H](O)[C@@H](Oc2cnccc2-c2cccnc2)SC[C@H]1O. The topological polar surface area (TPSA) is 95.7 Å². The second-order valence-corrected chi connectivity index (χ2v) is 6.11. The molecule has 0 saturated carbocycles. The first-order chi connectivity index (χ1) is 10.7. The quantitative estimate of drug-likeness (QED) is 0.765. The van der Waals surface area contributed by atoms with E-state index in [1.54, 1.807) is 30.9 Å². The van der Waals surface area contributed by atoms with Gasteiger partial charge in [0.25, 0.3) is 0 Å². The van der Waals surface area contributed by atoms with Gasteiger partial charge in [0.05, 0.1) is 12.3 Å². The lowest BCUT2D eigenvalue weighted by Crippen LogP contribution is -2.50. The molecule has 0 aliphatic carbocycles. The number of hydrogen-bond acceptors (Lipinski definition) is 7. The number of rotatable bonds is 3. The van der Waals surface area contributed by atoms with Gasteiger partial charge in [-0.25, -0.2) is 0 Å². The van der Waals surface area contributed by atoms with Gasteiger partial charge in [-0.3, -0.25) is 9.97 Å². The molecule has 22 heavy (non-hydrogen) atoms. The summed E-state index contributed by atoms with van der Waals surface area (Å²) >= 11 is 1.26. The number of aliphatic hydroxyl groups excluding tert-OH is 3. The number of pyridine rings is 2. The van der Waals surface area contributed by atoms with Gasteiger partial charge in [-0.2, -0.15) is 0 Å². The van der Waals surface area contributed by atoms with E-state index in [4.69, 9.17) is 4.74 Å². The monoisotopic (exact) mass is 320 g/mol. The highest BCUT2D eigenvalue weighted by Crippen LogP contribution is 2.34. The number of nitrogens with zero attached hydrogens (tertiary/aromatic N) is 2. The van der Waals surface area contributed by atoms with E-state index < -0.39 is 23.7 Å². The summed E-state index contributed by atoms with van der Waals surface area (Å²) in [5, 5.41) is 29.4. The molecule has 1 saturated heterocycles. The van der Waals surface area contributed by atoms with E-state index in [-0.39, 0.29) is 0 Å². The number of aromatic nitrogens is 2. The van der Waals surface area contributed by atoms with E-state index in [0.29, 0.717) is 11.5 Å². The van der Waals surface area contributed by atoms with Crippen molar-refractivity contribution in [3.63, 3.8) is 0 Å². The molecular formula is C15H16N2O4S.